The summed E-state index contributed by atoms with van der Waals surface area (Å²) in [5.74, 6) is 0.733. The number of ether oxygens (including phenoxy) is 1. The molecule has 2 heterocycles. The molecule has 0 spiro atoms. The van der Waals surface area contributed by atoms with Gasteiger partial charge in [-0.05, 0) is 46.3 Å². The van der Waals surface area contributed by atoms with Crippen molar-refractivity contribution < 1.29 is 9.84 Å². The van der Waals surface area contributed by atoms with Crippen LogP contribution in [0.4, 0.5) is 0 Å². The number of aromatic hydroxyl groups is 1. The van der Waals surface area contributed by atoms with Crippen molar-refractivity contribution in [2.45, 2.75) is 6.54 Å². The fraction of sp³-hybridized carbons (Fsp3) is 0.111. The number of rotatable bonds is 3. The molecular formula is C18H13BrN4O2. The summed E-state index contributed by atoms with van der Waals surface area (Å²) in [6.45, 7) is 0.340. The molecule has 2 aromatic heterocycles. The fourth-order valence-corrected chi connectivity index (χ4v) is 3.56. The highest BCUT2D eigenvalue weighted by Crippen LogP contribution is 2.35. The van der Waals surface area contributed by atoms with Crippen LogP contribution in [0, 0.1) is 11.3 Å². The van der Waals surface area contributed by atoms with Gasteiger partial charge in [0.2, 0.25) is 5.88 Å². The van der Waals surface area contributed by atoms with E-state index in [1.165, 1.54) is 4.68 Å². The van der Waals surface area contributed by atoms with Crippen LogP contribution in [0.15, 0.2) is 41.0 Å². The summed E-state index contributed by atoms with van der Waals surface area (Å²) in [5.41, 5.74) is 2.99. The fourth-order valence-electron chi connectivity index (χ4n) is 3.02. The minimum Gasteiger partial charge on any atom is -0.496 e. The number of aromatic amines is 1. The first kappa shape index (κ1) is 15.5. The van der Waals surface area contributed by atoms with Crippen molar-refractivity contribution in [3.63, 3.8) is 0 Å². The van der Waals surface area contributed by atoms with Crippen molar-refractivity contribution in [2.24, 2.45) is 0 Å². The highest BCUT2D eigenvalue weighted by molar-refractivity contribution is 9.10. The van der Waals surface area contributed by atoms with Crippen molar-refractivity contribution in [1.82, 2.24) is 14.8 Å². The molecule has 0 radical (unpaired) electrons. The zero-order valence-electron chi connectivity index (χ0n) is 13.2. The SMILES string of the molecule is COc1cc(Br)c2[nH]ccc2c1Cn1nc2ccc(C#N)cc2c1O. The summed E-state index contributed by atoms with van der Waals surface area (Å²) in [6, 6.07) is 11.0. The Kier molecular flexibility index (Phi) is 3.62. The van der Waals surface area contributed by atoms with Crippen LogP contribution in [-0.4, -0.2) is 27.0 Å². The monoisotopic (exact) mass is 396 g/mol. The molecule has 0 aliphatic heterocycles. The number of nitrogens with one attached hydrogen (secondary N) is 1. The third-order valence-corrected chi connectivity index (χ3v) is 4.86. The third kappa shape index (κ3) is 2.42. The minimum absolute atomic E-state index is 0.0285. The lowest BCUT2D eigenvalue weighted by molar-refractivity contribution is 0.396. The standard InChI is InChI=1S/C18H13BrN4O2/c1-25-16-7-14(19)17-11(4-5-21-17)13(16)9-23-18(24)12-6-10(8-20)2-3-15(12)22-23/h2-7,21,24H,9H2,1H3. The number of hydrogen-bond acceptors (Lipinski definition) is 4. The average Bonchev–Trinajstić information content (AvgIpc) is 3.23. The lowest BCUT2D eigenvalue weighted by Gasteiger charge is -2.12. The second-order valence-corrected chi connectivity index (χ2v) is 6.48. The van der Waals surface area contributed by atoms with E-state index in [-0.39, 0.29) is 5.88 Å². The maximum absolute atomic E-state index is 10.5. The third-order valence-electron chi connectivity index (χ3n) is 4.23. The number of benzene rings is 2. The first-order valence-corrected chi connectivity index (χ1v) is 8.33. The van der Waals surface area contributed by atoms with Crippen molar-refractivity contribution in [1.29, 1.82) is 5.26 Å². The highest BCUT2D eigenvalue weighted by atomic mass is 79.9. The molecule has 0 saturated carbocycles. The maximum Gasteiger partial charge on any atom is 0.217 e. The molecule has 0 aliphatic rings. The Morgan fingerprint density at radius 2 is 2.16 bits per heavy atom. The molecule has 0 unspecified atom stereocenters. The van der Waals surface area contributed by atoms with Gasteiger partial charge in [0.15, 0.2) is 0 Å². The van der Waals surface area contributed by atoms with E-state index in [4.69, 9.17) is 10.00 Å². The molecule has 0 amide bonds. The van der Waals surface area contributed by atoms with Gasteiger partial charge in [-0.25, -0.2) is 4.68 Å². The van der Waals surface area contributed by atoms with Crippen LogP contribution in [0.1, 0.15) is 11.1 Å². The summed E-state index contributed by atoms with van der Waals surface area (Å²) in [5, 5.41) is 25.6. The zero-order valence-corrected chi connectivity index (χ0v) is 14.8. The lowest BCUT2D eigenvalue weighted by Crippen LogP contribution is -2.04. The Bertz CT molecular complexity index is 1150. The summed E-state index contributed by atoms with van der Waals surface area (Å²) < 4.78 is 7.94. The van der Waals surface area contributed by atoms with Crippen LogP contribution in [0.2, 0.25) is 0 Å². The lowest BCUT2D eigenvalue weighted by atomic mass is 10.1. The molecule has 0 aliphatic carbocycles. The number of fused-ring (bicyclic) bond motifs is 2. The average molecular weight is 397 g/mol. The van der Waals surface area contributed by atoms with E-state index in [0.29, 0.717) is 28.8 Å². The van der Waals surface area contributed by atoms with Crippen LogP contribution in [0.25, 0.3) is 21.8 Å². The molecule has 2 N–H and O–H groups in total. The summed E-state index contributed by atoms with van der Waals surface area (Å²) >= 11 is 3.53. The van der Waals surface area contributed by atoms with Crippen molar-refractivity contribution >= 4 is 37.7 Å². The Morgan fingerprint density at radius 1 is 1.32 bits per heavy atom. The van der Waals surface area contributed by atoms with Crippen molar-refractivity contribution in [3.8, 4) is 17.7 Å². The van der Waals surface area contributed by atoms with Crippen molar-refractivity contribution in [2.75, 3.05) is 7.11 Å². The number of aromatic nitrogens is 3. The van der Waals surface area contributed by atoms with Gasteiger partial charge in [0.25, 0.3) is 0 Å². The van der Waals surface area contributed by atoms with Crippen LogP contribution in [0.5, 0.6) is 11.6 Å². The van der Waals surface area contributed by atoms with Gasteiger partial charge >= 0.3 is 0 Å². The molecule has 25 heavy (non-hydrogen) atoms. The molecule has 0 fully saturated rings. The summed E-state index contributed by atoms with van der Waals surface area (Å²) in [6.07, 6.45) is 1.86. The number of hydrogen-bond donors (Lipinski definition) is 2. The summed E-state index contributed by atoms with van der Waals surface area (Å²) in [4.78, 5) is 3.19. The van der Waals surface area contributed by atoms with Crippen LogP contribution in [0.3, 0.4) is 0 Å². The molecular weight excluding hydrogens is 384 g/mol. The van der Waals surface area contributed by atoms with E-state index in [0.717, 1.165) is 20.9 Å². The van der Waals surface area contributed by atoms with Gasteiger partial charge in [0.1, 0.15) is 5.75 Å². The van der Waals surface area contributed by atoms with Gasteiger partial charge in [-0.3, -0.25) is 0 Å². The van der Waals surface area contributed by atoms with E-state index in [1.54, 1.807) is 25.3 Å². The van der Waals surface area contributed by atoms with Gasteiger partial charge < -0.3 is 14.8 Å². The Balaban J connectivity index is 1.88. The van der Waals surface area contributed by atoms with Gasteiger partial charge in [-0.1, -0.05) is 0 Å². The van der Waals surface area contributed by atoms with E-state index < -0.39 is 0 Å². The van der Waals surface area contributed by atoms with E-state index >= 15 is 0 Å². The van der Waals surface area contributed by atoms with Crippen LogP contribution in [-0.2, 0) is 6.54 Å². The molecule has 6 nitrogen and oxygen atoms in total. The summed E-state index contributed by atoms with van der Waals surface area (Å²) in [7, 11) is 1.61. The van der Waals surface area contributed by atoms with Crippen LogP contribution >= 0.6 is 15.9 Å². The van der Waals surface area contributed by atoms with E-state index in [9.17, 15) is 5.11 Å². The number of nitrogens with zero attached hydrogens (tertiary/aromatic N) is 3. The van der Waals surface area contributed by atoms with E-state index in [2.05, 4.69) is 32.1 Å². The van der Waals surface area contributed by atoms with Gasteiger partial charge in [0, 0.05) is 21.6 Å². The molecule has 7 heteroatoms. The Hall–Kier alpha value is -2.98. The molecule has 0 saturated heterocycles. The molecule has 4 aromatic rings. The molecule has 4 rings (SSSR count). The Morgan fingerprint density at radius 3 is 2.92 bits per heavy atom. The van der Waals surface area contributed by atoms with Crippen molar-refractivity contribution in [3.05, 3.63) is 52.1 Å². The first-order chi connectivity index (χ1) is 12.1. The smallest absolute Gasteiger partial charge is 0.217 e. The molecule has 0 atom stereocenters. The van der Waals surface area contributed by atoms with Gasteiger partial charge in [-0.15, -0.1) is 0 Å². The maximum atomic E-state index is 10.5. The number of H-pyrrole nitrogens is 1. The number of nitriles is 1. The zero-order chi connectivity index (χ0) is 17.6. The molecule has 124 valence electrons. The normalized spacial score (nSPS) is 11.1. The number of halogens is 1. The minimum atomic E-state index is 0.0285. The predicted octanol–water partition coefficient (Wildman–Crippen LogP) is 3.91. The Labute approximate surface area is 151 Å². The quantitative estimate of drug-likeness (QED) is 0.549. The highest BCUT2D eigenvalue weighted by Gasteiger charge is 2.17. The molecule has 2 aromatic carbocycles. The molecule has 0 bridgehead atoms. The van der Waals surface area contributed by atoms with Gasteiger partial charge in [-0.2, -0.15) is 10.4 Å². The van der Waals surface area contributed by atoms with E-state index in [1.807, 2.05) is 18.3 Å². The predicted molar refractivity (Wildman–Crippen MR) is 97.8 cm³/mol. The first-order valence-electron chi connectivity index (χ1n) is 7.54. The number of methoxy groups -OCH3 is 1. The second kappa shape index (κ2) is 5.83. The van der Waals surface area contributed by atoms with Gasteiger partial charge in [0.05, 0.1) is 41.7 Å². The largest absolute Gasteiger partial charge is 0.496 e. The second-order valence-electron chi connectivity index (χ2n) is 5.63. The topological polar surface area (TPSA) is 86.9 Å². The van der Waals surface area contributed by atoms with Crippen LogP contribution < -0.4 is 4.74 Å².